The smallest absolute Gasteiger partial charge is 0.165 e. The average molecular weight is 481 g/mol. The fourth-order valence-corrected chi connectivity index (χ4v) is 4.80. The molecule has 1 saturated carbocycles. The summed E-state index contributed by atoms with van der Waals surface area (Å²) < 4.78 is 55.2. The maximum absolute atomic E-state index is 14.9. The molecule has 3 aromatic carbocycles. The van der Waals surface area contributed by atoms with E-state index >= 15 is 0 Å². The van der Waals surface area contributed by atoms with Gasteiger partial charge in [0.1, 0.15) is 23.9 Å². The predicted molar refractivity (Wildman–Crippen MR) is 133 cm³/mol. The van der Waals surface area contributed by atoms with Gasteiger partial charge in [-0.05, 0) is 86.8 Å². The molecular weight excluding hydrogens is 449 g/mol. The molecule has 184 valence electrons. The van der Waals surface area contributed by atoms with Crippen LogP contribution in [-0.4, -0.2) is 6.61 Å². The Hall–Kier alpha value is -3.21. The first-order valence-corrected chi connectivity index (χ1v) is 12.2. The summed E-state index contributed by atoms with van der Waals surface area (Å²) in [6.45, 7) is 4.23. The van der Waals surface area contributed by atoms with Gasteiger partial charge in [0, 0.05) is 17.2 Å². The molecule has 2 nitrogen and oxygen atoms in total. The lowest BCUT2D eigenvalue weighted by molar-refractivity contribution is 0.296. The van der Waals surface area contributed by atoms with Crippen LogP contribution in [0, 0.1) is 23.4 Å². The van der Waals surface area contributed by atoms with Crippen molar-refractivity contribution in [3.05, 3.63) is 95.3 Å². The Labute approximate surface area is 205 Å². The van der Waals surface area contributed by atoms with E-state index in [2.05, 4.69) is 12.2 Å². The van der Waals surface area contributed by atoms with Crippen LogP contribution in [0.1, 0.15) is 56.6 Å². The van der Waals surface area contributed by atoms with Gasteiger partial charge in [-0.15, -0.1) is 0 Å². The standard InChI is InChI=1S/C30H31F3O2/c1-3-5-20-6-8-22(9-7-20)27-16-12-23(29(32)30(27)33)19-35-24-13-10-21(11-14-24)26-17-15-25(34-4-2)18-28(26)31/h3,5,10-18,20,22H,4,6-9,19H2,1-2H3/b5-3+. The minimum atomic E-state index is -0.842. The molecule has 0 saturated heterocycles. The van der Waals surface area contributed by atoms with Crippen molar-refractivity contribution >= 4 is 0 Å². The van der Waals surface area contributed by atoms with E-state index in [0.29, 0.717) is 40.7 Å². The van der Waals surface area contributed by atoms with E-state index in [1.165, 1.54) is 6.07 Å². The monoisotopic (exact) mass is 480 g/mol. The summed E-state index contributed by atoms with van der Waals surface area (Å²) in [6, 6.07) is 14.9. The summed E-state index contributed by atoms with van der Waals surface area (Å²) in [5.41, 5.74) is 1.77. The number of benzene rings is 3. The Morgan fingerprint density at radius 2 is 1.54 bits per heavy atom. The highest BCUT2D eigenvalue weighted by atomic mass is 19.2. The topological polar surface area (TPSA) is 18.5 Å². The summed E-state index contributed by atoms with van der Waals surface area (Å²) in [6.07, 6.45) is 7.99. The van der Waals surface area contributed by atoms with E-state index in [9.17, 15) is 13.2 Å². The minimum absolute atomic E-state index is 0.0523. The van der Waals surface area contributed by atoms with Crippen LogP contribution in [0.15, 0.2) is 66.7 Å². The Kier molecular flexibility index (Phi) is 8.17. The van der Waals surface area contributed by atoms with E-state index in [4.69, 9.17) is 9.47 Å². The summed E-state index contributed by atoms with van der Waals surface area (Å²) in [7, 11) is 0. The molecule has 5 heteroatoms. The van der Waals surface area contributed by atoms with E-state index in [1.54, 1.807) is 48.5 Å². The van der Waals surface area contributed by atoms with Crippen LogP contribution in [0.25, 0.3) is 11.1 Å². The molecule has 1 aliphatic rings. The van der Waals surface area contributed by atoms with Gasteiger partial charge in [-0.2, -0.15) is 0 Å². The van der Waals surface area contributed by atoms with Crippen molar-refractivity contribution in [2.45, 2.75) is 52.1 Å². The zero-order valence-electron chi connectivity index (χ0n) is 20.2. The maximum atomic E-state index is 14.9. The first-order chi connectivity index (χ1) is 17.0. The van der Waals surface area contributed by atoms with Crippen molar-refractivity contribution in [3.63, 3.8) is 0 Å². The van der Waals surface area contributed by atoms with Crippen LogP contribution in [0.5, 0.6) is 11.5 Å². The molecule has 1 aliphatic carbocycles. The van der Waals surface area contributed by atoms with Gasteiger partial charge in [-0.25, -0.2) is 13.2 Å². The van der Waals surface area contributed by atoms with E-state index < -0.39 is 11.6 Å². The number of rotatable bonds is 8. The largest absolute Gasteiger partial charge is 0.494 e. The first kappa shape index (κ1) is 24.9. The van der Waals surface area contributed by atoms with Crippen LogP contribution in [0.3, 0.4) is 0 Å². The molecule has 0 bridgehead atoms. The number of halogens is 3. The van der Waals surface area contributed by atoms with Gasteiger partial charge >= 0.3 is 0 Å². The molecule has 1 fully saturated rings. The lowest BCUT2D eigenvalue weighted by atomic mass is 9.78. The van der Waals surface area contributed by atoms with E-state index in [-0.39, 0.29) is 23.9 Å². The Bertz CT molecular complexity index is 1160. The van der Waals surface area contributed by atoms with Crippen molar-refractivity contribution < 1.29 is 22.6 Å². The number of hydrogen-bond donors (Lipinski definition) is 0. The van der Waals surface area contributed by atoms with Crippen molar-refractivity contribution in [1.82, 2.24) is 0 Å². The second-order valence-corrected chi connectivity index (χ2v) is 8.97. The first-order valence-electron chi connectivity index (χ1n) is 12.2. The van der Waals surface area contributed by atoms with Gasteiger partial charge in [0.05, 0.1) is 6.61 Å². The molecule has 0 spiro atoms. The maximum Gasteiger partial charge on any atom is 0.165 e. The lowest BCUT2D eigenvalue weighted by Gasteiger charge is -2.27. The fraction of sp³-hybridized carbons (Fsp3) is 0.333. The molecule has 0 amide bonds. The van der Waals surface area contributed by atoms with Gasteiger partial charge in [-0.3, -0.25) is 0 Å². The average Bonchev–Trinajstić information content (AvgIpc) is 2.87. The SMILES string of the molecule is C/C=C/C1CCC(c2ccc(COc3ccc(-c4ccc(OCC)cc4F)cc3)c(F)c2F)CC1. The zero-order chi connectivity index (χ0) is 24.8. The Morgan fingerprint density at radius 1 is 0.829 bits per heavy atom. The molecule has 4 rings (SSSR count). The molecule has 0 N–H and O–H groups in total. The third-order valence-electron chi connectivity index (χ3n) is 6.68. The molecule has 3 aromatic rings. The van der Waals surface area contributed by atoms with Gasteiger partial charge in [0.2, 0.25) is 0 Å². The second-order valence-electron chi connectivity index (χ2n) is 8.97. The Morgan fingerprint density at radius 3 is 2.20 bits per heavy atom. The summed E-state index contributed by atoms with van der Waals surface area (Å²) in [5.74, 6) is -0.419. The highest BCUT2D eigenvalue weighted by Gasteiger charge is 2.25. The Balaban J connectivity index is 1.39. The zero-order valence-corrected chi connectivity index (χ0v) is 20.2. The van der Waals surface area contributed by atoms with Crippen LogP contribution in [-0.2, 0) is 6.61 Å². The van der Waals surface area contributed by atoms with E-state index in [0.717, 1.165) is 25.7 Å². The summed E-state index contributed by atoms with van der Waals surface area (Å²) >= 11 is 0. The van der Waals surface area contributed by atoms with Crippen LogP contribution < -0.4 is 9.47 Å². The molecular formula is C30H31F3O2. The quantitative estimate of drug-likeness (QED) is 0.301. The van der Waals surface area contributed by atoms with Gasteiger partial charge in [-0.1, -0.05) is 36.4 Å². The van der Waals surface area contributed by atoms with Gasteiger partial charge in [0.15, 0.2) is 11.6 Å². The highest BCUT2D eigenvalue weighted by molar-refractivity contribution is 5.65. The molecule has 35 heavy (non-hydrogen) atoms. The molecule has 0 atom stereocenters. The molecule has 0 heterocycles. The van der Waals surface area contributed by atoms with Crippen LogP contribution in [0.2, 0.25) is 0 Å². The van der Waals surface area contributed by atoms with Crippen molar-refractivity contribution in [2.24, 2.45) is 5.92 Å². The number of hydrogen-bond acceptors (Lipinski definition) is 2. The molecule has 0 aromatic heterocycles. The van der Waals surface area contributed by atoms with Gasteiger partial charge < -0.3 is 9.47 Å². The van der Waals surface area contributed by atoms with Crippen LogP contribution in [0.4, 0.5) is 13.2 Å². The predicted octanol–water partition coefficient (Wildman–Crippen LogP) is 8.60. The molecule has 0 unspecified atom stereocenters. The third-order valence-corrected chi connectivity index (χ3v) is 6.68. The minimum Gasteiger partial charge on any atom is -0.494 e. The second kappa shape index (κ2) is 11.5. The third kappa shape index (κ3) is 5.90. The van der Waals surface area contributed by atoms with Crippen molar-refractivity contribution in [1.29, 1.82) is 0 Å². The number of allylic oxidation sites excluding steroid dienone is 2. The van der Waals surface area contributed by atoms with Crippen molar-refractivity contribution in [2.75, 3.05) is 6.61 Å². The van der Waals surface area contributed by atoms with Gasteiger partial charge in [0.25, 0.3) is 0 Å². The summed E-state index contributed by atoms with van der Waals surface area (Å²) in [4.78, 5) is 0. The highest BCUT2D eigenvalue weighted by Crippen LogP contribution is 2.38. The molecule has 0 aliphatic heterocycles. The van der Waals surface area contributed by atoms with Crippen LogP contribution >= 0.6 is 0 Å². The van der Waals surface area contributed by atoms with Crippen molar-refractivity contribution in [3.8, 4) is 22.6 Å². The lowest BCUT2D eigenvalue weighted by Crippen LogP contribution is -2.14. The van der Waals surface area contributed by atoms with E-state index in [1.807, 2.05) is 13.8 Å². The number of ether oxygens (including phenoxy) is 2. The fourth-order valence-electron chi connectivity index (χ4n) is 4.80. The summed E-state index contributed by atoms with van der Waals surface area (Å²) in [5, 5.41) is 0. The molecule has 0 radical (unpaired) electrons. The normalized spacial score (nSPS) is 18.1.